The van der Waals surface area contributed by atoms with Crippen LogP contribution < -0.4 is 11.3 Å². The number of rotatable bonds is 5. The number of aryl methyl sites for hydroxylation is 2. The Kier molecular flexibility index (Phi) is 5.15. The highest BCUT2D eigenvalue weighted by atomic mass is 32.2. The second-order valence-electron chi connectivity index (χ2n) is 3.74. The van der Waals surface area contributed by atoms with Gasteiger partial charge in [0.25, 0.3) is 0 Å². The maximum atomic E-state index is 5.59. The molecule has 0 radical (unpaired) electrons. The molecular weight excluding hydrogens is 204 g/mol. The average molecular weight is 224 g/mol. The third-order valence-electron chi connectivity index (χ3n) is 2.49. The molecule has 3 N–H and O–H groups in total. The van der Waals surface area contributed by atoms with Crippen molar-refractivity contribution in [2.45, 2.75) is 26.8 Å². The second-order valence-corrected chi connectivity index (χ2v) is 5.06. The minimum absolute atomic E-state index is 0.260. The molecule has 0 fully saturated rings. The van der Waals surface area contributed by atoms with Crippen LogP contribution in [-0.2, 0) is 0 Å². The highest BCUT2D eigenvalue weighted by Gasteiger charge is 2.11. The zero-order valence-electron chi connectivity index (χ0n) is 9.71. The van der Waals surface area contributed by atoms with Gasteiger partial charge >= 0.3 is 0 Å². The predicted octanol–water partition coefficient (Wildman–Crippen LogP) is 2.56. The summed E-state index contributed by atoms with van der Waals surface area (Å²) in [5, 5.41) is 0. The fraction of sp³-hybridized carbons (Fsp3) is 0.500. The summed E-state index contributed by atoms with van der Waals surface area (Å²) in [7, 11) is 0. The Hall–Kier alpha value is -0.510. The quantitative estimate of drug-likeness (QED) is 0.596. The van der Waals surface area contributed by atoms with Crippen molar-refractivity contribution < 1.29 is 0 Å². The molecule has 1 aromatic carbocycles. The molecule has 84 valence electrons. The zero-order chi connectivity index (χ0) is 11.3. The molecule has 15 heavy (non-hydrogen) atoms. The lowest BCUT2D eigenvalue weighted by Crippen LogP contribution is -2.30. The Balaban J connectivity index is 2.81. The van der Waals surface area contributed by atoms with Crippen molar-refractivity contribution in [3.63, 3.8) is 0 Å². The van der Waals surface area contributed by atoms with E-state index in [1.165, 1.54) is 16.7 Å². The van der Waals surface area contributed by atoms with Crippen LogP contribution in [0.4, 0.5) is 0 Å². The third kappa shape index (κ3) is 3.52. The standard InChI is InChI=1S/C12H20N2S/c1-4-15-8-12(14-13)11-6-5-9(2)7-10(11)3/h5-7,12,14H,4,8,13H2,1-3H3. The molecule has 0 aromatic heterocycles. The van der Waals surface area contributed by atoms with Gasteiger partial charge in [0.1, 0.15) is 0 Å². The lowest BCUT2D eigenvalue weighted by atomic mass is 10.0. The van der Waals surface area contributed by atoms with Gasteiger partial charge in [-0.2, -0.15) is 11.8 Å². The van der Waals surface area contributed by atoms with Crippen molar-refractivity contribution >= 4 is 11.8 Å². The summed E-state index contributed by atoms with van der Waals surface area (Å²) in [4.78, 5) is 0. The summed E-state index contributed by atoms with van der Waals surface area (Å²) in [6.07, 6.45) is 0. The lowest BCUT2D eigenvalue weighted by molar-refractivity contribution is 0.607. The lowest BCUT2D eigenvalue weighted by Gasteiger charge is -2.18. The van der Waals surface area contributed by atoms with Gasteiger partial charge in [0.05, 0.1) is 6.04 Å². The molecular formula is C12H20N2S. The summed E-state index contributed by atoms with van der Waals surface area (Å²) in [6, 6.07) is 6.78. The van der Waals surface area contributed by atoms with Crippen molar-refractivity contribution in [1.29, 1.82) is 0 Å². The van der Waals surface area contributed by atoms with Gasteiger partial charge in [-0.3, -0.25) is 11.3 Å². The van der Waals surface area contributed by atoms with E-state index >= 15 is 0 Å². The highest BCUT2D eigenvalue weighted by molar-refractivity contribution is 7.99. The minimum Gasteiger partial charge on any atom is -0.271 e. The van der Waals surface area contributed by atoms with Gasteiger partial charge in [-0.1, -0.05) is 30.7 Å². The summed E-state index contributed by atoms with van der Waals surface area (Å²) in [5.74, 6) is 7.74. The number of thioether (sulfide) groups is 1. The van der Waals surface area contributed by atoms with Gasteiger partial charge in [-0.15, -0.1) is 0 Å². The van der Waals surface area contributed by atoms with E-state index in [1.807, 2.05) is 11.8 Å². The Morgan fingerprint density at radius 3 is 2.67 bits per heavy atom. The Bertz CT molecular complexity index is 312. The van der Waals surface area contributed by atoms with E-state index in [0.717, 1.165) is 11.5 Å². The number of benzene rings is 1. The number of nitrogens with two attached hydrogens (primary N) is 1. The van der Waals surface area contributed by atoms with Crippen molar-refractivity contribution in [2.75, 3.05) is 11.5 Å². The summed E-state index contributed by atoms with van der Waals surface area (Å²) in [6.45, 7) is 6.42. The van der Waals surface area contributed by atoms with E-state index in [4.69, 9.17) is 5.84 Å². The van der Waals surface area contributed by atoms with Crippen LogP contribution in [-0.4, -0.2) is 11.5 Å². The topological polar surface area (TPSA) is 38.0 Å². The van der Waals surface area contributed by atoms with E-state index < -0.39 is 0 Å². The normalized spacial score (nSPS) is 12.8. The highest BCUT2D eigenvalue weighted by Crippen LogP contribution is 2.21. The first kappa shape index (κ1) is 12.6. The first-order chi connectivity index (χ1) is 7.19. The van der Waals surface area contributed by atoms with Crippen LogP contribution in [0.3, 0.4) is 0 Å². The molecule has 0 spiro atoms. The van der Waals surface area contributed by atoms with E-state index in [1.54, 1.807) is 0 Å². The summed E-state index contributed by atoms with van der Waals surface area (Å²) < 4.78 is 0. The first-order valence-electron chi connectivity index (χ1n) is 5.30. The molecule has 0 saturated carbocycles. The van der Waals surface area contributed by atoms with Gasteiger partial charge in [-0.25, -0.2) is 0 Å². The SMILES string of the molecule is CCSCC(NN)c1ccc(C)cc1C. The van der Waals surface area contributed by atoms with Gasteiger partial charge < -0.3 is 0 Å². The van der Waals surface area contributed by atoms with Gasteiger partial charge in [0.15, 0.2) is 0 Å². The zero-order valence-corrected chi connectivity index (χ0v) is 10.5. The summed E-state index contributed by atoms with van der Waals surface area (Å²) >= 11 is 1.91. The Morgan fingerprint density at radius 2 is 2.13 bits per heavy atom. The van der Waals surface area contributed by atoms with Crippen molar-refractivity contribution in [2.24, 2.45) is 5.84 Å². The Morgan fingerprint density at radius 1 is 1.40 bits per heavy atom. The van der Waals surface area contributed by atoms with Crippen LogP contribution in [0.5, 0.6) is 0 Å². The van der Waals surface area contributed by atoms with E-state index in [2.05, 4.69) is 44.4 Å². The molecule has 1 rings (SSSR count). The fourth-order valence-corrected chi connectivity index (χ4v) is 2.43. The van der Waals surface area contributed by atoms with Crippen molar-refractivity contribution in [3.8, 4) is 0 Å². The molecule has 0 aliphatic carbocycles. The van der Waals surface area contributed by atoms with Crippen LogP contribution in [0.25, 0.3) is 0 Å². The van der Waals surface area contributed by atoms with Crippen LogP contribution in [0, 0.1) is 13.8 Å². The van der Waals surface area contributed by atoms with Gasteiger partial charge in [0.2, 0.25) is 0 Å². The van der Waals surface area contributed by atoms with E-state index in [-0.39, 0.29) is 6.04 Å². The average Bonchev–Trinajstić information content (AvgIpc) is 2.21. The molecule has 2 nitrogen and oxygen atoms in total. The fourth-order valence-electron chi connectivity index (χ4n) is 1.68. The largest absolute Gasteiger partial charge is 0.271 e. The first-order valence-corrected chi connectivity index (χ1v) is 6.45. The monoisotopic (exact) mass is 224 g/mol. The summed E-state index contributed by atoms with van der Waals surface area (Å²) in [5.41, 5.74) is 6.82. The second kappa shape index (κ2) is 6.16. The van der Waals surface area contributed by atoms with Crippen LogP contribution in [0.15, 0.2) is 18.2 Å². The molecule has 0 amide bonds. The maximum absolute atomic E-state index is 5.59. The number of hydrogen-bond acceptors (Lipinski definition) is 3. The third-order valence-corrected chi connectivity index (χ3v) is 3.47. The molecule has 3 heteroatoms. The molecule has 0 bridgehead atoms. The van der Waals surface area contributed by atoms with Crippen LogP contribution >= 0.6 is 11.8 Å². The molecule has 1 atom stereocenters. The maximum Gasteiger partial charge on any atom is 0.0552 e. The molecule has 1 aromatic rings. The van der Waals surface area contributed by atoms with Crippen LogP contribution in [0.1, 0.15) is 29.7 Å². The molecule has 0 saturated heterocycles. The van der Waals surface area contributed by atoms with Gasteiger partial charge in [-0.05, 0) is 30.7 Å². The molecule has 1 unspecified atom stereocenters. The van der Waals surface area contributed by atoms with Crippen LogP contribution in [0.2, 0.25) is 0 Å². The van der Waals surface area contributed by atoms with Gasteiger partial charge in [0, 0.05) is 5.75 Å². The number of nitrogens with one attached hydrogen (secondary N) is 1. The molecule has 0 heterocycles. The number of hydrazine groups is 1. The Labute approximate surface area is 96.6 Å². The number of hydrogen-bond donors (Lipinski definition) is 2. The van der Waals surface area contributed by atoms with Crippen molar-refractivity contribution in [1.82, 2.24) is 5.43 Å². The van der Waals surface area contributed by atoms with Crippen molar-refractivity contribution in [3.05, 3.63) is 34.9 Å². The smallest absolute Gasteiger partial charge is 0.0552 e. The molecule has 0 aliphatic rings. The minimum atomic E-state index is 0.260. The molecule has 0 aliphatic heterocycles. The predicted molar refractivity (Wildman–Crippen MR) is 69.0 cm³/mol. The van der Waals surface area contributed by atoms with E-state index in [0.29, 0.717) is 0 Å². The van der Waals surface area contributed by atoms with E-state index in [9.17, 15) is 0 Å².